The standard InChI is InChI=1S/C16H12ClN3O2/c17-14-7-4-8-15(18-14)20-9-13(10-21)16(19-20)22-11-12-5-2-1-3-6-12/h1-10H,11H2. The predicted molar refractivity (Wildman–Crippen MR) is 82.5 cm³/mol. The Hall–Kier alpha value is -2.66. The summed E-state index contributed by atoms with van der Waals surface area (Å²) in [6.45, 7) is 0.335. The zero-order chi connectivity index (χ0) is 15.4. The molecule has 0 spiro atoms. The van der Waals surface area contributed by atoms with Crippen LogP contribution in [0.5, 0.6) is 5.88 Å². The largest absolute Gasteiger partial charge is 0.471 e. The molecule has 0 aliphatic rings. The second-order valence-corrected chi connectivity index (χ2v) is 4.93. The molecule has 0 saturated heterocycles. The minimum Gasteiger partial charge on any atom is -0.471 e. The molecule has 2 aromatic heterocycles. The van der Waals surface area contributed by atoms with Crippen LogP contribution in [0.25, 0.3) is 5.82 Å². The van der Waals surface area contributed by atoms with Crippen LogP contribution in [0.15, 0.2) is 54.7 Å². The van der Waals surface area contributed by atoms with Gasteiger partial charge in [-0.1, -0.05) is 48.0 Å². The zero-order valence-corrected chi connectivity index (χ0v) is 12.3. The van der Waals surface area contributed by atoms with Gasteiger partial charge >= 0.3 is 0 Å². The fourth-order valence-electron chi connectivity index (χ4n) is 1.93. The molecule has 5 nitrogen and oxygen atoms in total. The normalized spacial score (nSPS) is 10.4. The Bertz CT molecular complexity index is 787. The van der Waals surface area contributed by atoms with Crippen molar-refractivity contribution in [2.24, 2.45) is 0 Å². The van der Waals surface area contributed by atoms with Crippen molar-refractivity contribution in [1.82, 2.24) is 14.8 Å². The van der Waals surface area contributed by atoms with Crippen molar-refractivity contribution in [2.45, 2.75) is 6.61 Å². The summed E-state index contributed by atoms with van der Waals surface area (Å²) < 4.78 is 7.09. The van der Waals surface area contributed by atoms with E-state index in [9.17, 15) is 4.79 Å². The van der Waals surface area contributed by atoms with E-state index in [1.807, 2.05) is 30.3 Å². The van der Waals surface area contributed by atoms with E-state index in [-0.39, 0.29) is 5.88 Å². The number of benzene rings is 1. The number of nitrogens with zero attached hydrogens (tertiary/aromatic N) is 3. The molecule has 0 aliphatic heterocycles. The molecule has 6 heteroatoms. The molecule has 0 unspecified atom stereocenters. The van der Waals surface area contributed by atoms with Gasteiger partial charge in [0.15, 0.2) is 12.1 Å². The lowest BCUT2D eigenvalue weighted by Crippen LogP contribution is -2.00. The molecular weight excluding hydrogens is 302 g/mol. The number of rotatable bonds is 5. The zero-order valence-electron chi connectivity index (χ0n) is 11.5. The Kier molecular flexibility index (Phi) is 4.16. The van der Waals surface area contributed by atoms with Crippen LogP contribution in [0, 0.1) is 0 Å². The van der Waals surface area contributed by atoms with Gasteiger partial charge in [0.25, 0.3) is 0 Å². The average Bonchev–Trinajstić information content (AvgIpc) is 2.97. The van der Waals surface area contributed by atoms with Gasteiger partial charge in [0, 0.05) is 6.20 Å². The van der Waals surface area contributed by atoms with Crippen molar-refractivity contribution in [3.8, 4) is 11.7 Å². The Morgan fingerprint density at radius 3 is 2.68 bits per heavy atom. The van der Waals surface area contributed by atoms with Crippen LogP contribution >= 0.6 is 11.6 Å². The van der Waals surface area contributed by atoms with Gasteiger partial charge in [0.1, 0.15) is 11.8 Å². The molecule has 22 heavy (non-hydrogen) atoms. The van der Waals surface area contributed by atoms with Crippen LogP contribution < -0.4 is 4.74 Å². The molecule has 3 rings (SSSR count). The van der Waals surface area contributed by atoms with Gasteiger partial charge in [0.2, 0.25) is 5.88 Å². The molecular formula is C16H12ClN3O2. The monoisotopic (exact) mass is 313 g/mol. The van der Waals surface area contributed by atoms with Gasteiger partial charge in [-0.3, -0.25) is 4.79 Å². The van der Waals surface area contributed by atoms with E-state index in [4.69, 9.17) is 16.3 Å². The maximum atomic E-state index is 11.2. The molecule has 3 aromatic rings. The molecule has 0 aliphatic carbocycles. The highest BCUT2D eigenvalue weighted by Crippen LogP contribution is 2.18. The third kappa shape index (κ3) is 3.15. The average molecular weight is 314 g/mol. The summed E-state index contributed by atoms with van der Waals surface area (Å²) >= 11 is 5.86. The summed E-state index contributed by atoms with van der Waals surface area (Å²) in [7, 11) is 0. The van der Waals surface area contributed by atoms with Crippen LogP contribution in [-0.4, -0.2) is 21.1 Å². The van der Waals surface area contributed by atoms with Gasteiger partial charge < -0.3 is 4.74 Å². The van der Waals surface area contributed by atoms with Crippen LogP contribution in [0.4, 0.5) is 0 Å². The summed E-state index contributed by atoms with van der Waals surface area (Å²) in [4.78, 5) is 15.3. The Morgan fingerprint density at radius 1 is 1.14 bits per heavy atom. The predicted octanol–water partition coefficient (Wildman–Crippen LogP) is 3.31. The lowest BCUT2D eigenvalue weighted by atomic mass is 10.2. The van der Waals surface area contributed by atoms with Crippen molar-refractivity contribution in [3.63, 3.8) is 0 Å². The minimum absolute atomic E-state index is 0.264. The SMILES string of the molecule is O=Cc1cn(-c2cccc(Cl)n2)nc1OCc1ccccc1. The van der Waals surface area contributed by atoms with Gasteiger partial charge in [-0.15, -0.1) is 5.10 Å². The van der Waals surface area contributed by atoms with Gasteiger partial charge in [-0.05, 0) is 17.7 Å². The first-order chi connectivity index (χ1) is 10.8. The van der Waals surface area contributed by atoms with E-state index >= 15 is 0 Å². The molecule has 0 N–H and O–H groups in total. The highest BCUT2D eigenvalue weighted by molar-refractivity contribution is 6.29. The molecule has 0 amide bonds. The highest BCUT2D eigenvalue weighted by Gasteiger charge is 2.12. The van der Waals surface area contributed by atoms with E-state index < -0.39 is 0 Å². The van der Waals surface area contributed by atoms with Crippen LogP contribution in [0.1, 0.15) is 15.9 Å². The fourth-order valence-corrected chi connectivity index (χ4v) is 2.09. The summed E-state index contributed by atoms with van der Waals surface area (Å²) in [6.07, 6.45) is 2.26. The third-order valence-corrected chi connectivity index (χ3v) is 3.20. The first kappa shape index (κ1) is 14.3. The van der Waals surface area contributed by atoms with E-state index in [1.54, 1.807) is 24.4 Å². The number of carbonyl (C=O) groups is 1. The van der Waals surface area contributed by atoms with Crippen LogP contribution in [0.3, 0.4) is 0 Å². The number of aromatic nitrogens is 3. The van der Waals surface area contributed by atoms with E-state index in [0.717, 1.165) is 5.56 Å². The van der Waals surface area contributed by atoms with Gasteiger partial charge in [0.05, 0.1) is 5.56 Å². The molecule has 0 saturated carbocycles. The number of pyridine rings is 1. The number of aldehydes is 1. The van der Waals surface area contributed by atoms with Crippen molar-refractivity contribution < 1.29 is 9.53 Å². The molecule has 0 fully saturated rings. The third-order valence-electron chi connectivity index (χ3n) is 2.99. The first-order valence-corrected chi connectivity index (χ1v) is 6.98. The topological polar surface area (TPSA) is 57.0 Å². The second-order valence-electron chi connectivity index (χ2n) is 4.54. The number of ether oxygens (including phenoxy) is 1. The fraction of sp³-hybridized carbons (Fsp3) is 0.0625. The Labute approximate surface area is 132 Å². The number of halogens is 1. The van der Waals surface area contributed by atoms with Crippen molar-refractivity contribution in [1.29, 1.82) is 0 Å². The van der Waals surface area contributed by atoms with Crippen LogP contribution in [0.2, 0.25) is 5.15 Å². The van der Waals surface area contributed by atoms with Gasteiger partial charge in [-0.25, -0.2) is 9.67 Å². The molecule has 0 radical (unpaired) electrons. The van der Waals surface area contributed by atoms with E-state index in [2.05, 4.69) is 10.1 Å². The van der Waals surface area contributed by atoms with Crippen LogP contribution in [-0.2, 0) is 6.61 Å². The summed E-state index contributed by atoms with van der Waals surface area (Å²) in [5, 5.41) is 4.60. The minimum atomic E-state index is 0.264. The summed E-state index contributed by atoms with van der Waals surface area (Å²) in [5.74, 6) is 0.783. The quantitative estimate of drug-likeness (QED) is 0.535. The smallest absolute Gasteiger partial charge is 0.244 e. The molecule has 2 heterocycles. The number of hydrogen-bond donors (Lipinski definition) is 0. The Morgan fingerprint density at radius 2 is 1.95 bits per heavy atom. The molecule has 110 valence electrons. The lowest BCUT2D eigenvalue weighted by Gasteiger charge is -2.03. The van der Waals surface area contributed by atoms with Crippen molar-refractivity contribution in [3.05, 3.63) is 71.0 Å². The molecule has 0 bridgehead atoms. The highest BCUT2D eigenvalue weighted by atomic mass is 35.5. The van der Waals surface area contributed by atoms with E-state index in [0.29, 0.717) is 29.4 Å². The van der Waals surface area contributed by atoms with E-state index in [1.165, 1.54) is 4.68 Å². The van der Waals surface area contributed by atoms with Crippen molar-refractivity contribution >= 4 is 17.9 Å². The van der Waals surface area contributed by atoms with Gasteiger partial charge in [-0.2, -0.15) is 0 Å². The van der Waals surface area contributed by atoms with Crippen molar-refractivity contribution in [2.75, 3.05) is 0 Å². The number of hydrogen-bond acceptors (Lipinski definition) is 4. The summed E-state index contributed by atoms with van der Waals surface area (Å²) in [5.41, 5.74) is 1.35. The maximum absolute atomic E-state index is 11.2. The summed E-state index contributed by atoms with van der Waals surface area (Å²) in [6, 6.07) is 14.8. The lowest BCUT2D eigenvalue weighted by molar-refractivity contribution is 0.111. The Balaban J connectivity index is 1.84. The number of carbonyl (C=O) groups excluding carboxylic acids is 1. The molecule has 0 atom stereocenters. The molecule has 1 aromatic carbocycles. The maximum Gasteiger partial charge on any atom is 0.244 e. The first-order valence-electron chi connectivity index (χ1n) is 6.61. The second kappa shape index (κ2) is 6.41.